The molecule has 4 saturated carbocycles. The zero-order valence-electron chi connectivity index (χ0n) is 13.6. The lowest BCUT2D eigenvalue weighted by Gasteiger charge is -2.60. The molecule has 0 unspecified atom stereocenters. The highest BCUT2D eigenvalue weighted by Crippen LogP contribution is 2.65. The first-order chi connectivity index (χ1) is 9.95. The number of aliphatic hydroxyl groups excluding tert-OH is 1. The Bertz CT molecular complexity index is 458. The summed E-state index contributed by atoms with van der Waals surface area (Å²) in [4.78, 5) is 11.9. The second-order valence-electron chi connectivity index (χ2n) is 9.04. The van der Waals surface area contributed by atoms with Gasteiger partial charge in [0, 0.05) is 12.8 Å². The molecule has 0 amide bonds. The molecule has 0 aromatic rings. The first-order valence-corrected chi connectivity index (χ1v) is 9.15. The van der Waals surface area contributed by atoms with Crippen molar-refractivity contribution in [3.05, 3.63) is 0 Å². The fourth-order valence-corrected chi connectivity index (χ4v) is 7.02. The van der Waals surface area contributed by atoms with E-state index in [2.05, 4.69) is 13.8 Å². The van der Waals surface area contributed by atoms with Gasteiger partial charge in [-0.05, 0) is 79.4 Å². The molecule has 2 nitrogen and oxygen atoms in total. The molecule has 21 heavy (non-hydrogen) atoms. The largest absolute Gasteiger partial charge is 0.393 e. The van der Waals surface area contributed by atoms with Gasteiger partial charge in [0.05, 0.1) is 6.10 Å². The molecular formula is C19H30O2. The van der Waals surface area contributed by atoms with Crippen molar-refractivity contribution in [2.24, 2.45) is 34.5 Å². The number of ketones is 1. The van der Waals surface area contributed by atoms with Crippen molar-refractivity contribution in [3.63, 3.8) is 0 Å². The van der Waals surface area contributed by atoms with Crippen molar-refractivity contribution in [1.82, 2.24) is 0 Å². The Kier molecular flexibility index (Phi) is 3.10. The highest BCUT2D eigenvalue weighted by atomic mass is 16.3. The van der Waals surface area contributed by atoms with Crippen LogP contribution in [0.2, 0.25) is 0 Å². The fraction of sp³-hybridized carbons (Fsp3) is 0.947. The summed E-state index contributed by atoms with van der Waals surface area (Å²) in [7, 11) is 0. The van der Waals surface area contributed by atoms with E-state index in [0.717, 1.165) is 43.4 Å². The summed E-state index contributed by atoms with van der Waals surface area (Å²) in [5, 5.41) is 10.5. The average molecular weight is 290 g/mol. The summed E-state index contributed by atoms with van der Waals surface area (Å²) >= 11 is 0. The smallest absolute Gasteiger partial charge is 0.133 e. The second kappa shape index (κ2) is 4.57. The van der Waals surface area contributed by atoms with Gasteiger partial charge in [-0.15, -0.1) is 0 Å². The molecule has 0 radical (unpaired) electrons. The number of carbonyl (C=O) groups excluding carboxylic acids is 1. The van der Waals surface area contributed by atoms with E-state index < -0.39 is 0 Å². The third-order valence-electron chi connectivity index (χ3n) is 8.43. The molecule has 0 spiro atoms. The van der Waals surface area contributed by atoms with Crippen LogP contribution in [0.25, 0.3) is 0 Å². The Morgan fingerprint density at radius 2 is 1.71 bits per heavy atom. The van der Waals surface area contributed by atoms with Crippen LogP contribution in [0.1, 0.15) is 71.6 Å². The Morgan fingerprint density at radius 3 is 2.52 bits per heavy atom. The number of fused-ring (bicyclic) bond motifs is 5. The molecule has 0 aromatic heterocycles. The minimum atomic E-state index is -0.0677. The fourth-order valence-electron chi connectivity index (χ4n) is 7.02. The number of Topliss-reactive ketones (excluding diaryl/α,β-unsaturated/α-hetero) is 1. The summed E-state index contributed by atoms with van der Waals surface area (Å²) in [6, 6.07) is 0. The standard InChI is InChI=1S/C19H30O2/c1-18-9-7-13(20)11-12(18)3-4-14-15-5-6-17(21)19(15,2)10-8-16(14)18/h12,14-17,21H,3-11H2,1-2H3/t12-,14-,15-,16-,17+,18-,19+/m0/s1. The molecule has 118 valence electrons. The van der Waals surface area contributed by atoms with Gasteiger partial charge < -0.3 is 5.11 Å². The molecule has 1 N–H and O–H groups in total. The molecule has 2 heteroatoms. The second-order valence-corrected chi connectivity index (χ2v) is 9.04. The Morgan fingerprint density at radius 1 is 0.952 bits per heavy atom. The Balaban J connectivity index is 1.64. The molecule has 0 saturated heterocycles. The average Bonchev–Trinajstić information content (AvgIpc) is 2.76. The van der Waals surface area contributed by atoms with Gasteiger partial charge in [-0.3, -0.25) is 4.79 Å². The predicted molar refractivity (Wildman–Crippen MR) is 82.7 cm³/mol. The predicted octanol–water partition coefficient (Wildman–Crippen LogP) is 3.96. The number of rotatable bonds is 0. The number of carbonyl (C=O) groups is 1. The maximum atomic E-state index is 11.9. The third-order valence-corrected chi connectivity index (χ3v) is 8.43. The van der Waals surface area contributed by atoms with Crippen LogP contribution in [0, 0.1) is 34.5 Å². The van der Waals surface area contributed by atoms with Crippen molar-refractivity contribution >= 4 is 5.78 Å². The SMILES string of the molecule is C[C@]12CCC(=O)C[C@@H]1CC[C@@H]1[C@@H]2CC[C@@]2(C)[C@H](O)CC[C@@H]12. The first-order valence-electron chi connectivity index (χ1n) is 9.15. The van der Waals surface area contributed by atoms with Crippen LogP contribution in [0.15, 0.2) is 0 Å². The summed E-state index contributed by atoms with van der Waals surface area (Å²) in [6.07, 6.45) is 10.0. The van der Waals surface area contributed by atoms with Gasteiger partial charge in [-0.2, -0.15) is 0 Å². The maximum Gasteiger partial charge on any atom is 0.133 e. The Labute approximate surface area is 128 Å². The van der Waals surface area contributed by atoms with Crippen molar-refractivity contribution in [2.75, 3.05) is 0 Å². The van der Waals surface area contributed by atoms with Gasteiger partial charge in [-0.25, -0.2) is 0 Å². The molecule has 4 fully saturated rings. The molecule has 7 atom stereocenters. The lowest BCUT2D eigenvalue weighted by molar-refractivity contribution is -0.141. The van der Waals surface area contributed by atoms with Crippen LogP contribution in [0.3, 0.4) is 0 Å². The van der Waals surface area contributed by atoms with E-state index in [4.69, 9.17) is 0 Å². The highest BCUT2D eigenvalue weighted by Gasteiger charge is 2.59. The molecule has 4 aliphatic carbocycles. The van der Waals surface area contributed by atoms with Crippen molar-refractivity contribution in [2.45, 2.75) is 77.7 Å². The molecule has 0 aliphatic heterocycles. The van der Waals surface area contributed by atoms with Crippen LogP contribution in [0.4, 0.5) is 0 Å². The van der Waals surface area contributed by atoms with Crippen molar-refractivity contribution < 1.29 is 9.90 Å². The summed E-state index contributed by atoms with van der Waals surface area (Å²) < 4.78 is 0. The topological polar surface area (TPSA) is 37.3 Å². The van der Waals surface area contributed by atoms with E-state index in [9.17, 15) is 9.90 Å². The third kappa shape index (κ3) is 1.84. The van der Waals surface area contributed by atoms with Crippen LogP contribution in [-0.4, -0.2) is 17.0 Å². The highest BCUT2D eigenvalue weighted by molar-refractivity contribution is 5.79. The molecule has 0 bridgehead atoms. The van der Waals surface area contributed by atoms with Gasteiger partial charge in [0.15, 0.2) is 0 Å². The van der Waals surface area contributed by atoms with E-state index in [1.54, 1.807) is 0 Å². The molecule has 0 aromatic carbocycles. The summed E-state index contributed by atoms with van der Waals surface area (Å²) in [5.41, 5.74) is 0.598. The van der Waals surface area contributed by atoms with Crippen molar-refractivity contribution in [3.8, 4) is 0 Å². The number of aliphatic hydroxyl groups is 1. The minimum absolute atomic E-state index is 0.0677. The van der Waals surface area contributed by atoms with Crippen LogP contribution in [0.5, 0.6) is 0 Å². The maximum absolute atomic E-state index is 11.9. The van der Waals surface area contributed by atoms with E-state index in [1.165, 1.54) is 32.1 Å². The van der Waals surface area contributed by atoms with Gasteiger partial charge in [0.25, 0.3) is 0 Å². The molecular weight excluding hydrogens is 260 g/mol. The lowest BCUT2D eigenvalue weighted by Crippen LogP contribution is -2.54. The van der Waals surface area contributed by atoms with Gasteiger partial charge in [0.2, 0.25) is 0 Å². The van der Waals surface area contributed by atoms with Gasteiger partial charge in [-0.1, -0.05) is 13.8 Å². The van der Waals surface area contributed by atoms with Gasteiger partial charge in [0.1, 0.15) is 5.78 Å². The van der Waals surface area contributed by atoms with E-state index >= 15 is 0 Å². The minimum Gasteiger partial charge on any atom is -0.393 e. The molecule has 0 heterocycles. The van der Waals surface area contributed by atoms with E-state index in [-0.39, 0.29) is 11.5 Å². The zero-order chi connectivity index (χ0) is 14.8. The molecule has 4 aliphatic rings. The normalized spacial score (nSPS) is 56.5. The van der Waals surface area contributed by atoms with Crippen LogP contribution < -0.4 is 0 Å². The summed E-state index contributed by atoms with van der Waals surface area (Å²) in [6.45, 7) is 4.85. The quantitative estimate of drug-likeness (QED) is 0.733. The van der Waals surface area contributed by atoms with E-state index in [0.29, 0.717) is 17.1 Å². The monoisotopic (exact) mass is 290 g/mol. The van der Waals surface area contributed by atoms with Crippen LogP contribution >= 0.6 is 0 Å². The zero-order valence-corrected chi connectivity index (χ0v) is 13.6. The number of hydrogen-bond acceptors (Lipinski definition) is 2. The Hall–Kier alpha value is -0.370. The summed E-state index contributed by atoms with van der Waals surface area (Å²) in [5.74, 6) is 3.52. The first kappa shape index (κ1) is 14.2. The lowest BCUT2D eigenvalue weighted by atomic mass is 9.45. The molecule has 4 rings (SSSR count). The van der Waals surface area contributed by atoms with Crippen molar-refractivity contribution in [1.29, 1.82) is 0 Å². The van der Waals surface area contributed by atoms with Crippen LogP contribution in [-0.2, 0) is 4.79 Å². The van der Waals surface area contributed by atoms with E-state index in [1.807, 2.05) is 0 Å². The van der Waals surface area contributed by atoms with Gasteiger partial charge >= 0.3 is 0 Å². The number of hydrogen-bond donors (Lipinski definition) is 1.